The number of aliphatic carboxylic acids is 1. The molecule has 2 heterocycles. The second-order valence-corrected chi connectivity index (χ2v) is 9.28. The number of halogens is 1. The molecule has 0 unspecified atom stereocenters. The van der Waals surface area contributed by atoms with Gasteiger partial charge in [-0.1, -0.05) is 53.8 Å². The van der Waals surface area contributed by atoms with E-state index in [4.69, 9.17) is 10.1 Å². The van der Waals surface area contributed by atoms with Crippen molar-refractivity contribution in [3.05, 3.63) is 78.9 Å². The molecule has 0 amide bonds. The number of carboxylic acids is 1. The number of aromatic nitrogens is 2. The Balaban J connectivity index is 1.39. The SMILES string of the molecule is O=C(O)C1CC(CNc2nc(-c3ccc(-c4ccc(F)cc4)cc3)c(-c3cccnc3)s2)C1. The smallest absolute Gasteiger partial charge is 0.306 e. The number of rotatable bonds is 7. The van der Waals surface area contributed by atoms with Crippen molar-refractivity contribution in [3.63, 3.8) is 0 Å². The van der Waals surface area contributed by atoms with E-state index in [0.717, 1.165) is 38.0 Å². The minimum atomic E-state index is -0.703. The lowest BCUT2D eigenvalue weighted by molar-refractivity contribution is -0.146. The van der Waals surface area contributed by atoms with Gasteiger partial charge >= 0.3 is 5.97 Å². The number of hydrogen-bond acceptors (Lipinski definition) is 5. The van der Waals surface area contributed by atoms with E-state index in [0.29, 0.717) is 25.3 Å². The molecule has 0 spiro atoms. The third kappa shape index (κ3) is 4.64. The molecule has 7 heteroatoms. The number of thiazole rings is 1. The molecule has 2 aromatic carbocycles. The van der Waals surface area contributed by atoms with Gasteiger partial charge in [0, 0.05) is 30.1 Å². The van der Waals surface area contributed by atoms with E-state index in [1.165, 1.54) is 12.1 Å². The van der Waals surface area contributed by atoms with Crippen LogP contribution in [0.3, 0.4) is 0 Å². The van der Waals surface area contributed by atoms with Crippen LogP contribution in [0.5, 0.6) is 0 Å². The normalized spacial score (nSPS) is 17.4. The molecule has 2 N–H and O–H groups in total. The molecule has 0 bridgehead atoms. The highest BCUT2D eigenvalue weighted by Crippen LogP contribution is 2.40. The van der Waals surface area contributed by atoms with Crippen molar-refractivity contribution in [2.45, 2.75) is 12.8 Å². The quantitative estimate of drug-likeness (QED) is 0.344. The van der Waals surface area contributed by atoms with Crippen LogP contribution in [0.15, 0.2) is 73.1 Å². The van der Waals surface area contributed by atoms with Crippen LogP contribution in [0.4, 0.5) is 9.52 Å². The zero-order chi connectivity index (χ0) is 22.8. The Bertz CT molecular complexity index is 1250. The van der Waals surface area contributed by atoms with Crippen LogP contribution >= 0.6 is 11.3 Å². The molecule has 5 rings (SSSR count). The second-order valence-electron chi connectivity index (χ2n) is 8.28. The van der Waals surface area contributed by atoms with Crippen molar-refractivity contribution < 1.29 is 14.3 Å². The molecule has 0 radical (unpaired) electrons. The van der Waals surface area contributed by atoms with E-state index in [-0.39, 0.29) is 11.7 Å². The minimum absolute atomic E-state index is 0.214. The largest absolute Gasteiger partial charge is 0.481 e. The fraction of sp³-hybridized carbons (Fsp3) is 0.192. The van der Waals surface area contributed by atoms with Gasteiger partial charge in [0.25, 0.3) is 0 Å². The first-order valence-electron chi connectivity index (χ1n) is 10.8. The summed E-state index contributed by atoms with van der Waals surface area (Å²) >= 11 is 1.57. The molecule has 1 fully saturated rings. The van der Waals surface area contributed by atoms with Crippen molar-refractivity contribution in [2.75, 3.05) is 11.9 Å². The summed E-state index contributed by atoms with van der Waals surface area (Å²) in [4.78, 5) is 21.2. The van der Waals surface area contributed by atoms with Crippen LogP contribution in [-0.2, 0) is 4.79 Å². The summed E-state index contributed by atoms with van der Waals surface area (Å²) in [5, 5.41) is 13.3. The van der Waals surface area contributed by atoms with Crippen molar-refractivity contribution in [2.24, 2.45) is 11.8 Å². The van der Waals surface area contributed by atoms with E-state index in [1.54, 1.807) is 29.7 Å². The van der Waals surface area contributed by atoms with Crippen LogP contribution in [0.25, 0.3) is 32.8 Å². The Morgan fingerprint density at radius 1 is 1.00 bits per heavy atom. The number of carboxylic acid groups (broad SMARTS) is 1. The van der Waals surface area contributed by atoms with Crippen molar-refractivity contribution in [3.8, 4) is 32.8 Å². The lowest BCUT2D eigenvalue weighted by Gasteiger charge is -2.32. The fourth-order valence-electron chi connectivity index (χ4n) is 4.08. The first-order chi connectivity index (χ1) is 16.1. The summed E-state index contributed by atoms with van der Waals surface area (Å²) in [5.41, 5.74) is 4.82. The summed E-state index contributed by atoms with van der Waals surface area (Å²) in [6.07, 6.45) is 5.00. The highest BCUT2D eigenvalue weighted by atomic mass is 32.1. The van der Waals surface area contributed by atoms with E-state index >= 15 is 0 Å². The Morgan fingerprint density at radius 2 is 1.67 bits per heavy atom. The summed E-state index contributed by atoms with van der Waals surface area (Å²) in [7, 11) is 0. The summed E-state index contributed by atoms with van der Waals surface area (Å²) in [6, 6.07) is 18.5. The topological polar surface area (TPSA) is 75.1 Å². The average molecular weight is 460 g/mol. The Morgan fingerprint density at radius 3 is 2.30 bits per heavy atom. The molecule has 2 aromatic heterocycles. The third-order valence-electron chi connectivity index (χ3n) is 6.01. The van der Waals surface area contributed by atoms with Gasteiger partial charge in [0.2, 0.25) is 0 Å². The van der Waals surface area contributed by atoms with Crippen molar-refractivity contribution in [1.82, 2.24) is 9.97 Å². The molecule has 33 heavy (non-hydrogen) atoms. The molecule has 0 saturated heterocycles. The maximum Gasteiger partial charge on any atom is 0.306 e. The maximum absolute atomic E-state index is 13.2. The van der Waals surface area contributed by atoms with Gasteiger partial charge in [-0.15, -0.1) is 0 Å². The first kappa shape index (κ1) is 21.3. The highest BCUT2D eigenvalue weighted by Gasteiger charge is 2.34. The standard InChI is InChI=1S/C26H22FN3O2S/c27-22-9-7-18(8-10-22)17-3-5-19(6-4-17)23-24(20-2-1-11-28-15-20)33-26(30-23)29-14-16-12-21(13-16)25(31)32/h1-11,15-16,21H,12-14H2,(H,29,30)(H,31,32). The Kier molecular flexibility index (Phi) is 5.88. The average Bonchev–Trinajstić information content (AvgIpc) is 3.23. The lowest BCUT2D eigenvalue weighted by Crippen LogP contribution is -2.34. The van der Waals surface area contributed by atoms with E-state index in [1.807, 2.05) is 42.6 Å². The van der Waals surface area contributed by atoms with Gasteiger partial charge in [-0.25, -0.2) is 9.37 Å². The molecule has 1 aliphatic carbocycles. The van der Waals surface area contributed by atoms with Crippen LogP contribution < -0.4 is 5.32 Å². The zero-order valence-corrected chi connectivity index (χ0v) is 18.6. The molecular weight excluding hydrogens is 437 g/mol. The molecule has 166 valence electrons. The van der Waals surface area contributed by atoms with Crippen LogP contribution in [0, 0.1) is 17.7 Å². The first-order valence-corrected chi connectivity index (χ1v) is 11.6. The van der Waals surface area contributed by atoms with Crippen molar-refractivity contribution >= 4 is 22.4 Å². The summed E-state index contributed by atoms with van der Waals surface area (Å²) in [5.74, 6) is -0.811. The minimum Gasteiger partial charge on any atom is -0.481 e. The Labute approximate surface area is 195 Å². The second kappa shape index (κ2) is 9.11. The van der Waals surface area contributed by atoms with Gasteiger partial charge in [-0.2, -0.15) is 0 Å². The number of pyridine rings is 1. The zero-order valence-electron chi connectivity index (χ0n) is 17.7. The number of nitrogens with one attached hydrogen (secondary N) is 1. The van der Waals surface area contributed by atoms with Gasteiger partial charge in [0.05, 0.1) is 16.5 Å². The molecule has 4 aromatic rings. The molecular formula is C26H22FN3O2S. The van der Waals surface area contributed by atoms with Crippen LogP contribution in [0.2, 0.25) is 0 Å². The summed E-state index contributed by atoms with van der Waals surface area (Å²) < 4.78 is 13.2. The lowest BCUT2D eigenvalue weighted by atomic mass is 9.75. The third-order valence-corrected chi connectivity index (χ3v) is 7.08. The predicted octanol–water partition coefficient (Wildman–Crippen LogP) is 6.20. The molecule has 0 aliphatic heterocycles. The summed E-state index contributed by atoms with van der Waals surface area (Å²) in [6.45, 7) is 0.715. The number of hydrogen-bond donors (Lipinski definition) is 2. The van der Waals surface area contributed by atoms with Crippen molar-refractivity contribution in [1.29, 1.82) is 0 Å². The van der Waals surface area contributed by atoms with Gasteiger partial charge in [-0.3, -0.25) is 9.78 Å². The van der Waals surface area contributed by atoms with E-state index in [2.05, 4.69) is 10.3 Å². The molecule has 5 nitrogen and oxygen atoms in total. The number of benzene rings is 2. The number of anilines is 1. The monoisotopic (exact) mass is 459 g/mol. The molecule has 1 aliphatic rings. The van der Waals surface area contributed by atoms with Gasteiger partial charge in [0.15, 0.2) is 5.13 Å². The van der Waals surface area contributed by atoms with E-state index < -0.39 is 5.97 Å². The molecule has 1 saturated carbocycles. The maximum atomic E-state index is 13.2. The molecule has 0 atom stereocenters. The van der Waals surface area contributed by atoms with E-state index in [9.17, 15) is 9.18 Å². The van der Waals surface area contributed by atoms with Gasteiger partial charge in [0.1, 0.15) is 5.82 Å². The Hall–Kier alpha value is -3.58. The highest BCUT2D eigenvalue weighted by molar-refractivity contribution is 7.19. The van der Waals surface area contributed by atoms with Crippen LogP contribution in [-0.4, -0.2) is 27.6 Å². The van der Waals surface area contributed by atoms with Gasteiger partial charge < -0.3 is 10.4 Å². The predicted molar refractivity (Wildman–Crippen MR) is 129 cm³/mol. The number of carbonyl (C=O) groups is 1. The van der Waals surface area contributed by atoms with Crippen LogP contribution in [0.1, 0.15) is 12.8 Å². The fourth-order valence-corrected chi connectivity index (χ4v) is 5.07. The number of nitrogens with zero attached hydrogens (tertiary/aromatic N) is 2. The van der Waals surface area contributed by atoms with Gasteiger partial charge in [-0.05, 0) is 48.1 Å².